The van der Waals surface area contributed by atoms with Gasteiger partial charge < -0.3 is 5.21 Å². The first-order valence-electron chi connectivity index (χ1n) is 4.06. The Morgan fingerprint density at radius 1 is 1.33 bits per heavy atom. The van der Waals surface area contributed by atoms with Crippen LogP contribution in [-0.4, -0.2) is 4.92 Å². The highest BCUT2D eigenvalue weighted by atomic mass is 35.5. The van der Waals surface area contributed by atoms with Crippen LogP contribution in [0.4, 0.5) is 5.69 Å². The molecule has 2 aromatic rings. The molecule has 0 fully saturated rings. The lowest BCUT2D eigenvalue weighted by atomic mass is 10.2. The molecule has 0 unspecified atom stereocenters. The van der Waals surface area contributed by atoms with E-state index in [1.807, 2.05) is 0 Å². The Kier molecular flexibility index (Phi) is 2.17. The van der Waals surface area contributed by atoms with Gasteiger partial charge in [0.25, 0.3) is 10.8 Å². The predicted molar refractivity (Wildman–Crippen MR) is 54.6 cm³/mol. The van der Waals surface area contributed by atoms with Gasteiger partial charge in [-0.1, -0.05) is 12.1 Å². The maximum Gasteiger partial charge on any atom is 0.293 e. The number of rotatable bonds is 1. The fraction of sp³-hybridized carbons (Fsp3) is 0. The van der Waals surface area contributed by atoms with Gasteiger partial charge in [-0.05, 0) is 17.7 Å². The van der Waals surface area contributed by atoms with Gasteiger partial charge in [0.05, 0.1) is 4.92 Å². The highest BCUT2D eigenvalue weighted by molar-refractivity contribution is 6.29. The Bertz CT molecular complexity index is 556. The van der Waals surface area contributed by atoms with Crippen molar-refractivity contribution in [2.75, 3.05) is 0 Å². The van der Waals surface area contributed by atoms with E-state index in [0.717, 1.165) is 6.07 Å². The molecule has 0 aliphatic rings. The number of pyridine rings is 1. The first-order chi connectivity index (χ1) is 7.11. The Hall–Kier alpha value is -1.88. The summed E-state index contributed by atoms with van der Waals surface area (Å²) >= 11 is 5.58. The average molecular weight is 225 g/mol. The first kappa shape index (κ1) is 9.67. The van der Waals surface area contributed by atoms with Crippen molar-refractivity contribution in [3.8, 4) is 0 Å². The number of benzene rings is 1. The fourth-order valence-corrected chi connectivity index (χ4v) is 1.58. The third-order valence-electron chi connectivity index (χ3n) is 2.05. The molecule has 5 nitrogen and oxygen atoms in total. The van der Waals surface area contributed by atoms with E-state index in [9.17, 15) is 15.3 Å². The summed E-state index contributed by atoms with van der Waals surface area (Å²) in [6.07, 6.45) is 0. The molecular weight excluding hydrogens is 220 g/mol. The number of nitrogens with zero attached hydrogens (tertiary/aromatic N) is 2. The van der Waals surface area contributed by atoms with Crippen LogP contribution in [0.15, 0.2) is 30.3 Å². The second-order valence-electron chi connectivity index (χ2n) is 2.92. The molecule has 0 N–H and O–H groups in total. The summed E-state index contributed by atoms with van der Waals surface area (Å²) in [6, 6.07) is 7.30. The molecule has 0 aliphatic heterocycles. The van der Waals surface area contributed by atoms with Gasteiger partial charge in [0.1, 0.15) is 11.5 Å². The van der Waals surface area contributed by atoms with Crippen LogP contribution in [0, 0.1) is 15.3 Å². The van der Waals surface area contributed by atoms with Crippen molar-refractivity contribution >= 4 is 28.2 Å². The molecule has 15 heavy (non-hydrogen) atoms. The second kappa shape index (κ2) is 3.36. The maximum atomic E-state index is 11.5. The smallest absolute Gasteiger partial charge is 0.293 e. The topological polar surface area (TPSA) is 70.1 Å². The quantitative estimate of drug-likeness (QED) is 0.245. The molecular formula is C9H5ClN2O3. The van der Waals surface area contributed by atoms with Gasteiger partial charge >= 0.3 is 0 Å². The third kappa shape index (κ3) is 1.46. The average Bonchev–Trinajstić information content (AvgIpc) is 2.23. The van der Waals surface area contributed by atoms with E-state index in [1.165, 1.54) is 12.1 Å². The van der Waals surface area contributed by atoms with Crippen LogP contribution in [0.1, 0.15) is 0 Å². The molecule has 1 aromatic carbocycles. The third-order valence-corrected chi connectivity index (χ3v) is 2.31. The fourth-order valence-electron chi connectivity index (χ4n) is 1.38. The van der Waals surface area contributed by atoms with Crippen molar-refractivity contribution in [1.82, 2.24) is 0 Å². The van der Waals surface area contributed by atoms with E-state index >= 15 is 0 Å². The van der Waals surface area contributed by atoms with Crippen LogP contribution < -0.4 is 4.73 Å². The summed E-state index contributed by atoms with van der Waals surface area (Å²) in [5, 5.41) is 22.3. The van der Waals surface area contributed by atoms with Crippen LogP contribution in [0.3, 0.4) is 0 Å². The number of para-hydroxylation sites is 1. The number of fused-ring (bicyclic) bond motifs is 1. The van der Waals surface area contributed by atoms with Crippen molar-refractivity contribution < 1.29 is 9.65 Å². The van der Waals surface area contributed by atoms with E-state index in [1.54, 1.807) is 12.1 Å². The summed E-state index contributed by atoms with van der Waals surface area (Å²) in [4.78, 5) is 10.2. The summed E-state index contributed by atoms with van der Waals surface area (Å²) in [6.45, 7) is 0. The Labute approximate surface area is 89.2 Å². The summed E-state index contributed by atoms with van der Waals surface area (Å²) in [5.41, 5.74) is 0.0272. The Morgan fingerprint density at radius 3 is 2.67 bits per heavy atom. The van der Waals surface area contributed by atoms with Crippen molar-refractivity contribution in [2.24, 2.45) is 0 Å². The van der Waals surface area contributed by atoms with Crippen molar-refractivity contribution in [2.45, 2.75) is 0 Å². The number of nitro groups is 1. The molecule has 0 bridgehead atoms. The van der Waals surface area contributed by atoms with E-state index in [4.69, 9.17) is 11.6 Å². The van der Waals surface area contributed by atoms with Crippen LogP contribution in [0.25, 0.3) is 10.9 Å². The predicted octanol–water partition coefficient (Wildman–Crippen LogP) is 2.03. The normalized spacial score (nSPS) is 10.5. The van der Waals surface area contributed by atoms with E-state index in [0.29, 0.717) is 4.73 Å². The van der Waals surface area contributed by atoms with Gasteiger partial charge in [0.15, 0.2) is 0 Å². The molecule has 0 atom stereocenters. The molecule has 0 amide bonds. The van der Waals surface area contributed by atoms with Gasteiger partial charge in [-0.2, -0.15) is 4.73 Å². The minimum atomic E-state index is -0.561. The van der Waals surface area contributed by atoms with Gasteiger partial charge in [0.2, 0.25) is 5.52 Å². The molecule has 0 aliphatic carbocycles. The minimum absolute atomic E-state index is 0.164. The monoisotopic (exact) mass is 224 g/mol. The van der Waals surface area contributed by atoms with Gasteiger partial charge in [-0.15, -0.1) is 0 Å². The molecule has 6 heteroatoms. The molecule has 0 saturated heterocycles. The van der Waals surface area contributed by atoms with Gasteiger partial charge in [0, 0.05) is 6.07 Å². The van der Waals surface area contributed by atoms with Crippen molar-refractivity contribution in [1.29, 1.82) is 0 Å². The molecule has 76 valence electrons. The van der Waals surface area contributed by atoms with Crippen molar-refractivity contribution in [3.63, 3.8) is 0 Å². The van der Waals surface area contributed by atoms with Crippen LogP contribution in [0.2, 0.25) is 5.15 Å². The molecule has 1 aromatic heterocycles. The zero-order chi connectivity index (χ0) is 11.0. The lowest BCUT2D eigenvalue weighted by molar-refractivity contribution is -0.575. The SMILES string of the molecule is O=[N+]([O-])c1cc(Cl)[n+]([O-])c2ccccc12. The number of halogens is 1. The Balaban J connectivity index is 2.94. The van der Waals surface area contributed by atoms with Gasteiger partial charge in [-0.3, -0.25) is 10.1 Å². The highest BCUT2D eigenvalue weighted by Crippen LogP contribution is 2.25. The molecule has 1 heterocycles. The molecule has 0 spiro atoms. The van der Waals surface area contributed by atoms with E-state index < -0.39 is 4.92 Å². The van der Waals surface area contributed by atoms with Gasteiger partial charge in [-0.25, -0.2) is 0 Å². The first-order valence-corrected chi connectivity index (χ1v) is 4.44. The molecule has 0 radical (unpaired) electrons. The van der Waals surface area contributed by atoms with Crippen LogP contribution in [0.5, 0.6) is 0 Å². The standard InChI is InChI=1S/C9H5ClN2O3/c10-9-5-8(12(14)15)6-3-1-2-4-7(6)11(9)13/h1-5H. The second-order valence-corrected chi connectivity index (χ2v) is 3.31. The largest absolute Gasteiger partial charge is 0.617 e. The minimum Gasteiger partial charge on any atom is -0.617 e. The lowest BCUT2D eigenvalue weighted by Crippen LogP contribution is -2.28. The van der Waals surface area contributed by atoms with Crippen LogP contribution >= 0.6 is 11.6 Å². The summed E-state index contributed by atoms with van der Waals surface area (Å²) in [5.74, 6) is 0. The van der Waals surface area contributed by atoms with E-state index in [2.05, 4.69) is 0 Å². The zero-order valence-corrected chi connectivity index (χ0v) is 8.14. The summed E-state index contributed by atoms with van der Waals surface area (Å²) in [7, 11) is 0. The van der Waals surface area contributed by atoms with Crippen LogP contribution in [-0.2, 0) is 0 Å². The van der Waals surface area contributed by atoms with Crippen molar-refractivity contribution in [3.05, 3.63) is 50.8 Å². The number of hydrogen-bond acceptors (Lipinski definition) is 3. The lowest BCUT2D eigenvalue weighted by Gasteiger charge is -2.03. The maximum absolute atomic E-state index is 11.5. The highest BCUT2D eigenvalue weighted by Gasteiger charge is 2.20. The number of hydrogen-bond donors (Lipinski definition) is 0. The molecule has 0 saturated carbocycles. The van der Waals surface area contributed by atoms with E-state index in [-0.39, 0.29) is 21.7 Å². The number of aromatic nitrogens is 1. The molecule has 2 rings (SSSR count). The Morgan fingerprint density at radius 2 is 2.00 bits per heavy atom. The summed E-state index contributed by atoms with van der Waals surface area (Å²) < 4.78 is 0.462. The zero-order valence-electron chi connectivity index (χ0n) is 7.38.